The Kier molecular flexibility index (Phi) is 4.91. The highest BCUT2D eigenvalue weighted by molar-refractivity contribution is 7.90. The van der Waals surface area contributed by atoms with Crippen LogP contribution in [0.5, 0.6) is 0 Å². The first-order valence-electron chi connectivity index (χ1n) is 8.36. The van der Waals surface area contributed by atoms with E-state index < -0.39 is 39.7 Å². The number of fused-ring (bicyclic) bond motifs is 1. The molecule has 1 unspecified atom stereocenters. The maximum absolute atomic E-state index is 13.9. The van der Waals surface area contributed by atoms with E-state index in [0.29, 0.717) is 0 Å². The molecule has 0 spiro atoms. The van der Waals surface area contributed by atoms with Gasteiger partial charge in [0.15, 0.2) is 0 Å². The van der Waals surface area contributed by atoms with Crippen LogP contribution in [-0.4, -0.2) is 30.6 Å². The third-order valence-electron chi connectivity index (χ3n) is 4.30. The fraction of sp³-hybridized carbons (Fsp3) is 0.211. The summed E-state index contributed by atoms with van der Waals surface area (Å²) in [6.45, 7) is 3.14. The van der Waals surface area contributed by atoms with Gasteiger partial charge in [-0.3, -0.25) is 9.59 Å². The minimum Gasteiger partial charge on any atom is -0.332 e. The predicted molar refractivity (Wildman–Crippen MR) is 97.2 cm³/mol. The van der Waals surface area contributed by atoms with E-state index in [9.17, 15) is 27.7 Å². The molecule has 7 nitrogen and oxygen atoms in total. The summed E-state index contributed by atoms with van der Waals surface area (Å²) in [5, 5.41) is 11.7. The van der Waals surface area contributed by atoms with Gasteiger partial charge in [0.1, 0.15) is 16.8 Å². The number of nitrogens with zero attached hydrogens (tertiary/aromatic N) is 2. The number of hydrogen-bond acceptors (Lipinski definition) is 5. The molecule has 0 bridgehead atoms. The van der Waals surface area contributed by atoms with Gasteiger partial charge in [0.05, 0.1) is 11.6 Å². The number of benzene rings is 2. The van der Waals surface area contributed by atoms with Crippen molar-refractivity contribution in [1.29, 1.82) is 5.26 Å². The van der Waals surface area contributed by atoms with Crippen LogP contribution in [0.15, 0.2) is 47.4 Å². The molecule has 2 aromatic rings. The molecule has 0 saturated carbocycles. The zero-order valence-corrected chi connectivity index (χ0v) is 15.8. The SMILES string of the molecule is CC(C)N1C(=O)c2ccc(C(=O)NC(C#N)c3ccccc3F)cc2S1(=O)=O. The third-order valence-corrected chi connectivity index (χ3v) is 6.30. The number of nitriles is 1. The quantitative estimate of drug-likeness (QED) is 0.846. The molecule has 2 amide bonds. The molecular weight excluding hydrogens is 385 g/mol. The largest absolute Gasteiger partial charge is 0.332 e. The van der Waals surface area contributed by atoms with E-state index in [1.54, 1.807) is 19.9 Å². The maximum atomic E-state index is 13.9. The Labute approximate surface area is 161 Å². The second kappa shape index (κ2) is 7.05. The molecule has 1 heterocycles. The number of nitrogens with one attached hydrogen (secondary N) is 1. The van der Waals surface area contributed by atoms with Gasteiger partial charge in [-0.15, -0.1) is 0 Å². The summed E-state index contributed by atoms with van der Waals surface area (Å²) < 4.78 is 39.9. The Morgan fingerprint density at radius 1 is 1.21 bits per heavy atom. The topological polar surface area (TPSA) is 107 Å². The van der Waals surface area contributed by atoms with Crippen LogP contribution < -0.4 is 5.32 Å². The molecule has 2 aromatic carbocycles. The molecule has 3 rings (SSSR count). The highest BCUT2D eigenvalue weighted by Crippen LogP contribution is 2.32. The smallest absolute Gasteiger partial charge is 0.269 e. The van der Waals surface area contributed by atoms with Crippen molar-refractivity contribution in [2.45, 2.75) is 30.8 Å². The molecule has 0 fully saturated rings. The minimum atomic E-state index is -4.06. The predicted octanol–water partition coefficient (Wildman–Crippen LogP) is 2.37. The molecular formula is C19H16FN3O4S. The first-order valence-corrected chi connectivity index (χ1v) is 9.80. The van der Waals surface area contributed by atoms with Crippen LogP contribution in [0.4, 0.5) is 4.39 Å². The highest BCUT2D eigenvalue weighted by atomic mass is 32.2. The Bertz CT molecular complexity index is 1120. The van der Waals surface area contributed by atoms with Gasteiger partial charge in [0, 0.05) is 17.2 Å². The lowest BCUT2D eigenvalue weighted by molar-refractivity contribution is 0.0845. The van der Waals surface area contributed by atoms with Crippen LogP contribution in [0.1, 0.15) is 46.2 Å². The van der Waals surface area contributed by atoms with Gasteiger partial charge in [-0.05, 0) is 38.1 Å². The summed E-state index contributed by atoms with van der Waals surface area (Å²) in [5.41, 5.74) is -0.0817. The third kappa shape index (κ3) is 3.12. The van der Waals surface area contributed by atoms with Crippen molar-refractivity contribution in [3.05, 3.63) is 65.0 Å². The van der Waals surface area contributed by atoms with E-state index in [4.69, 9.17) is 0 Å². The van der Waals surface area contributed by atoms with Gasteiger partial charge >= 0.3 is 0 Å². The van der Waals surface area contributed by atoms with Gasteiger partial charge in [0.25, 0.3) is 21.8 Å². The summed E-state index contributed by atoms with van der Waals surface area (Å²) in [5.74, 6) is -2.06. The maximum Gasteiger partial charge on any atom is 0.269 e. The number of carbonyl (C=O) groups excluding carboxylic acids is 2. The van der Waals surface area contributed by atoms with Crippen molar-refractivity contribution in [3.8, 4) is 6.07 Å². The normalized spacial score (nSPS) is 15.8. The zero-order valence-electron chi connectivity index (χ0n) is 15.0. The molecule has 0 aliphatic carbocycles. The average Bonchev–Trinajstić information content (AvgIpc) is 2.85. The van der Waals surface area contributed by atoms with Crippen molar-refractivity contribution < 1.29 is 22.4 Å². The first-order chi connectivity index (χ1) is 13.2. The summed E-state index contributed by atoms with van der Waals surface area (Å²) in [6.07, 6.45) is 0. The molecule has 0 radical (unpaired) electrons. The van der Waals surface area contributed by atoms with E-state index in [2.05, 4.69) is 5.32 Å². The van der Waals surface area contributed by atoms with E-state index in [1.165, 1.54) is 36.4 Å². The second-order valence-corrected chi connectivity index (χ2v) is 8.25. The van der Waals surface area contributed by atoms with E-state index in [1.807, 2.05) is 0 Å². The van der Waals surface area contributed by atoms with Gasteiger partial charge in [-0.25, -0.2) is 17.1 Å². The Morgan fingerprint density at radius 2 is 1.89 bits per heavy atom. The standard InChI is InChI=1S/C19H16FN3O4S/c1-11(2)23-19(25)14-8-7-12(9-17(14)28(23,26)27)18(24)22-16(10-21)13-5-3-4-6-15(13)20/h3-9,11,16H,1-2H3,(H,22,24). The molecule has 0 aromatic heterocycles. The lowest BCUT2D eigenvalue weighted by Crippen LogP contribution is -2.36. The van der Waals surface area contributed by atoms with Crippen LogP contribution in [-0.2, 0) is 10.0 Å². The van der Waals surface area contributed by atoms with E-state index in [-0.39, 0.29) is 21.6 Å². The number of halogens is 1. The second-order valence-electron chi connectivity index (χ2n) is 6.47. The minimum absolute atomic E-state index is 0.00621. The number of carbonyl (C=O) groups is 2. The molecule has 1 atom stereocenters. The van der Waals surface area contributed by atoms with Crippen molar-refractivity contribution >= 4 is 21.8 Å². The number of sulfonamides is 1. The van der Waals surface area contributed by atoms with Crippen LogP contribution in [0.25, 0.3) is 0 Å². The summed E-state index contributed by atoms with van der Waals surface area (Å²) in [4.78, 5) is 24.6. The molecule has 1 aliphatic rings. The number of amides is 2. The summed E-state index contributed by atoms with van der Waals surface area (Å²) >= 11 is 0. The van der Waals surface area contributed by atoms with Crippen LogP contribution in [0, 0.1) is 17.1 Å². The van der Waals surface area contributed by atoms with Crippen LogP contribution in [0.2, 0.25) is 0 Å². The average molecular weight is 401 g/mol. The van der Waals surface area contributed by atoms with Crippen LogP contribution in [0.3, 0.4) is 0 Å². The van der Waals surface area contributed by atoms with Gasteiger partial charge in [-0.1, -0.05) is 18.2 Å². The Hall–Kier alpha value is -3.25. The Balaban J connectivity index is 1.94. The number of hydrogen-bond donors (Lipinski definition) is 1. The van der Waals surface area contributed by atoms with E-state index in [0.717, 1.165) is 10.4 Å². The van der Waals surface area contributed by atoms with Gasteiger partial charge < -0.3 is 5.32 Å². The lowest BCUT2D eigenvalue weighted by atomic mass is 10.1. The van der Waals surface area contributed by atoms with Crippen molar-refractivity contribution in [3.63, 3.8) is 0 Å². The van der Waals surface area contributed by atoms with E-state index >= 15 is 0 Å². The molecule has 1 aliphatic heterocycles. The van der Waals surface area contributed by atoms with Crippen molar-refractivity contribution in [2.24, 2.45) is 0 Å². The first kappa shape index (κ1) is 19.5. The zero-order chi connectivity index (χ0) is 20.6. The lowest BCUT2D eigenvalue weighted by Gasteiger charge is -2.18. The molecule has 0 saturated heterocycles. The highest BCUT2D eigenvalue weighted by Gasteiger charge is 2.43. The monoisotopic (exact) mass is 401 g/mol. The molecule has 9 heteroatoms. The number of rotatable bonds is 4. The Morgan fingerprint density at radius 3 is 2.50 bits per heavy atom. The molecule has 1 N–H and O–H groups in total. The summed E-state index contributed by atoms with van der Waals surface area (Å²) in [7, 11) is -4.06. The van der Waals surface area contributed by atoms with Gasteiger partial charge in [0.2, 0.25) is 0 Å². The van der Waals surface area contributed by atoms with Gasteiger partial charge in [-0.2, -0.15) is 5.26 Å². The van der Waals surface area contributed by atoms with Crippen molar-refractivity contribution in [1.82, 2.24) is 9.62 Å². The molecule has 144 valence electrons. The summed E-state index contributed by atoms with van der Waals surface area (Å²) in [6, 6.07) is 9.14. The fourth-order valence-corrected chi connectivity index (χ4v) is 4.80. The fourth-order valence-electron chi connectivity index (χ4n) is 3.00. The molecule has 28 heavy (non-hydrogen) atoms. The van der Waals surface area contributed by atoms with Crippen molar-refractivity contribution in [2.75, 3.05) is 0 Å². The van der Waals surface area contributed by atoms with Crippen LogP contribution >= 0.6 is 0 Å².